The third-order valence-electron chi connectivity index (χ3n) is 5.65. The summed E-state index contributed by atoms with van der Waals surface area (Å²) in [6.45, 7) is 17.4. The molecule has 0 spiro atoms. The number of pyridine rings is 1. The summed E-state index contributed by atoms with van der Waals surface area (Å²) in [6, 6.07) is 16.1. The van der Waals surface area contributed by atoms with Gasteiger partial charge in [0, 0.05) is 48.1 Å². The summed E-state index contributed by atoms with van der Waals surface area (Å²) in [7, 11) is 1.69. The first-order valence-corrected chi connectivity index (χ1v) is 12.1. The first kappa shape index (κ1) is 31.5. The van der Waals surface area contributed by atoms with Gasteiger partial charge in [0.05, 0.1) is 12.6 Å². The second-order valence-corrected chi connectivity index (χ2v) is 11.1. The summed E-state index contributed by atoms with van der Waals surface area (Å²) < 4.78 is 5.58. The smallest absolute Gasteiger partial charge is 0.164 e. The van der Waals surface area contributed by atoms with Gasteiger partial charge in [0.25, 0.3) is 0 Å². The number of aliphatic hydroxyl groups is 1. The third-order valence-corrected chi connectivity index (χ3v) is 5.65. The number of rotatable bonds is 4. The zero-order valence-corrected chi connectivity index (χ0v) is 25.7. The average molecular weight is 667 g/mol. The Hall–Kier alpha value is -2.49. The Morgan fingerprint density at radius 2 is 1.67 bits per heavy atom. The van der Waals surface area contributed by atoms with Crippen LogP contribution in [-0.2, 0) is 31.3 Å². The van der Waals surface area contributed by atoms with Crippen LogP contribution in [0.4, 0.5) is 0 Å². The molecule has 0 saturated heterocycles. The number of methoxy groups -OCH3 is 1. The molecule has 0 aliphatic heterocycles. The van der Waals surface area contributed by atoms with E-state index in [2.05, 4.69) is 63.2 Å². The van der Waals surface area contributed by atoms with Crippen molar-refractivity contribution in [2.24, 2.45) is 10.8 Å². The van der Waals surface area contributed by atoms with Crippen molar-refractivity contribution in [3.63, 3.8) is 0 Å². The zero-order chi connectivity index (χ0) is 26.6. The van der Waals surface area contributed by atoms with Gasteiger partial charge in [0.2, 0.25) is 0 Å². The summed E-state index contributed by atoms with van der Waals surface area (Å²) >= 11 is 0. The number of hydrogen-bond acceptors (Lipinski definition) is 4. The normalized spacial score (nSPS) is 11.9. The van der Waals surface area contributed by atoms with Crippen LogP contribution in [0.3, 0.4) is 0 Å². The summed E-state index contributed by atoms with van der Waals surface area (Å²) in [6.07, 6.45) is 2.35. The van der Waals surface area contributed by atoms with E-state index in [1.54, 1.807) is 7.11 Å². The molecule has 0 bridgehead atoms. The fourth-order valence-electron chi connectivity index (χ4n) is 3.36. The van der Waals surface area contributed by atoms with Gasteiger partial charge in [-0.05, 0) is 30.2 Å². The van der Waals surface area contributed by atoms with Gasteiger partial charge in [-0.1, -0.05) is 68.4 Å². The summed E-state index contributed by atoms with van der Waals surface area (Å²) in [4.78, 5) is 16.3. The van der Waals surface area contributed by atoms with Crippen molar-refractivity contribution in [2.45, 2.75) is 68.7 Å². The summed E-state index contributed by atoms with van der Waals surface area (Å²) in [5.74, 6) is 0.898. The zero-order valence-electron chi connectivity index (χ0n) is 23.3. The molecule has 36 heavy (non-hydrogen) atoms. The Morgan fingerprint density at radius 3 is 2.17 bits per heavy atom. The number of allylic oxidation sites excluding steroid dienone is 2. The molecular formula is C31H40IrNO3-. The fraction of sp³-hybridized carbons (Fsp3) is 0.419. The van der Waals surface area contributed by atoms with Crippen LogP contribution >= 0.6 is 0 Å². The number of ether oxygens (including phenoxy) is 1. The van der Waals surface area contributed by atoms with Crippen molar-refractivity contribution in [3.05, 3.63) is 71.0 Å². The molecule has 1 N–H and O–H groups in total. The molecule has 197 valence electrons. The van der Waals surface area contributed by atoms with Crippen molar-refractivity contribution in [1.82, 2.24) is 4.98 Å². The van der Waals surface area contributed by atoms with E-state index < -0.39 is 5.41 Å². The maximum Gasteiger partial charge on any atom is 0.164 e. The van der Waals surface area contributed by atoms with E-state index in [4.69, 9.17) is 9.72 Å². The second-order valence-electron chi connectivity index (χ2n) is 11.1. The predicted octanol–water partition coefficient (Wildman–Crippen LogP) is 7.98. The van der Waals surface area contributed by atoms with Crippen LogP contribution in [0.5, 0.6) is 5.75 Å². The Labute approximate surface area is 230 Å². The largest absolute Gasteiger partial charge is 0.512 e. The molecule has 0 fully saturated rings. The molecule has 1 aromatic heterocycles. The standard InChI is InChI=1S/C20H20NO.C11H20O2.Ir/c1-5-15-6-7-18-16(11-15)12-19(22-4)20(21-18)17-9-13(2)8-14(3)10-17;1-10(2,3)8(12)7-9(13)11(4,5)6;/h6-9,11-12H,5H2,1-4H3;7,12H,1-6H3;/q-1;;/b;8-7-;. The minimum absolute atomic E-state index is 0. The Bertz CT molecular complexity index is 1210. The van der Waals surface area contributed by atoms with Crippen molar-refractivity contribution >= 4 is 16.7 Å². The van der Waals surface area contributed by atoms with Crippen molar-refractivity contribution in [1.29, 1.82) is 0 Å². The molecule has 5 heteroatoms. The van der Waals surface area contributed by atoms with Crippen molar-refractivity contribution in [2.75, 3.05) is 7.11 Å². The number of fused-ring (bicyclic) bond motifs is 1. The molecule has 0 atom stereocenters. The number of aromatic nitrogens is 1. The number of hydrogen-bond donors (Lipinski definition) is 1. The van der Waals surface area contributed by atoms with Crippen LogP contribution < -0.4 is 4.74 Å². The first-order valence-electron chi connectivity index (χ1n) is 12.1. The van der Waals surface area contributed by atoms with Gasteiger partial charge in [-0.25, -0.2) is 0 Å². The number of carbonyl (C=O) groups excluding carboxylic acids is 1. The van der Waals surface area contributed by atoms with Gasteiger partial charge in [-0.3, -0.25) is 9.78 Å². The van der Waals surface area contributed by atoms with E-state index in [0.717, 1.165) is 39.9 Å². The van der Waals surface area contributed by atoms with E-state index in [1.165, 1.54) is 17.2 Å². The molecule has 3 aromatic rings. The van der Waals surface area contributed by atoms with Crippen LogP contribution in [0.1, 0.15) is 65.2 Å². The summed E-state index contributed by atoms with van der Waals surface area (Å²) in [5, 5.41) is 10.7. The maximum atomic E-state index is 11.5. The average Bonchev–Trinajstić information content (AvgIpc) is 2.76. The fourth-order valence-corrected chi connectivity index (χ4v) is 3.36. The molecule has 0 unspecified atom stereocenters. The Morgan fingerprint density at radius 1 is 1.03 bits per heavy atom. The molecule has 1 radical (unpaired) electrons. The SMILES string of the molecule is CC(C)(C)C(=O)/C=C(\O)C(C)(C)C.CCc1ccc2nc(-c3[c-]c(C)cc(C)c3)c(OC)cc2c1.[Ir]. The summed E-state index contributed by atoms with van der Waals surface area (Å²) in [5.41, 5.74) is 5.68. The molecule has 0 saturated carbocycles. The van der Waals surface area contributed by atoms with Crippen LogP contribution in [0.25, 0.3) is 22.2 Å². The van der Waals surface area contributed by atoms with Crippen molar-refractivity contribution in [3.8, 4) is 17.0 Å². The quantitative estimate of drug-likeness (QED) is 0.174. The van der Waals surface area contributed by atoms with Gasteiger partial charge in [0.1, 0.15) is 11.5 Å². The van der Waals surface area contributed by atoms with Crippen molar-refractivity contribution < 1.29 is 34.7 Å². The van der Waals surface area contributed by atoms with Gasteiger partial charge in [0.15, 0.2) is 5.78 Å². The van der Waals surface area contributed by atoms with Gasteiger partial charge in [-0.2, -0.15) is 0 Å². The monoisotopic (exact) mass is 667 g/mol. The molecule has 0 amide bonds. The van der Waals surface area contributed by atoms with Crippen LogP contribution in [0, 0.1) is 30.7 Å². The van der Waals surface area contributed by atoms with E-state index in [0.29, 0.717) is 0 Å². The Kier molecular flexibility index (Phi) is 11.1. The van der Waals surface area contributed by atoms with Gasteiger partial charge >= 0.3 is 0 Å². The molecule has 4 nitrogen and oxygen atoms in total. The number of aliphatic hydroxyl groups excluding tert-OH is 1. The minimum Gasteiger partial charge on any atom is -0.512 e. The number of ketones is 1. The van der Waals surface area contributed by atoms with Crippen LogP contribution in [0.2, 0.25) is 0 Å². The first-order chi connectivity index (χ1) is 16.1. The van der Waals surface area contributed by atoms with E-state index >= 15 is 0 Å². The van der Waals surface area contributed by atoms with Crippen LogP contribution in [-0.4, -0.2) is 23.0 Å². The predicted molar refractivity (Wildman–Crippen MR) is 146 cm³/mol. The number of nitrogens with zero attached hydrogens (tertiary/aromatic N) is 1. The Balaban J connectivity index is 0.000000402. The molecule has 2 aromatic carbocycles. The van der Waals surface area contributed by atoms with Crippen LogP contribution in [0.15, 0.2) is 48.2 Å². The number of aryl methyl sites for hydroxylation is 3. The second kappa shape index (κ2) is 12.7. The molecule has 3 rings (SSSR count). The molecule has 0 aliphatic carbocycles. The maximum absolute atomic E-state index is 11.5. The van der Waals surface area contributed by atoms with Gasteiger partial charge in [-0.15, -0.1) is 34.9 Å². The molecule has 0 aliphatic rings. The number of carbonyl (C=O) groups is 1. The van der Waals surface area contributed by atoms with E-state index in [9.17, 15) is 9.90 Å². The number of benzene rings is 2. The van der Waals surface area contributed by atoms with E-state index in [-0.39, 0.29) is 37.1 Å². The molecule has 1 heterocycles. The van der Waals surface area contributed by atoms with E-state index in [1.807, 2.05) is 41.5 Å². The van der Waals surface area contributed by atoms with Gasteiger partial charge < -0.3 is 9.84 Å². The molecular weight excluding hydrogens is 627 g/mol. The third kappa shape index (κ3) is 8.57. The topological polar surface area (TPSA) is 59.4 Å². The minimum atomic E-state index is -0.417.